The number of likely N-dealkylation sites (tertiary alicyclic amines) is 1. The van der Waals surface area contributed by atoms with E-state index in [-0.39, 0.29) is 12.1 Å². The van der Waals surface area contributed by atoms with E-state index in [0.29, 0.717) is 12.6 Å². The molecule has 5 nitrogen and oxygen atoms in total. The van der Waals surface area contributed by atoms with Gasteiger partial charge in [0.25, 0.3) is 0 Å². The van der Waals surface area contributed by atoms with Crippen LogP contribution in [0.25, 0.3) is 0 Å². The lowest BCUT2D eigenvalue weighted by Crippen LogP contribution is -2.49. The smallest absolute Gasteiger partial charge is 0.407 e. The van der Waals surface area contributed by atoms with Crippen molar-refractivity contribution >= 4 is 6.09 Å². The fraction of sp³-hybridized carbons (Fsp3) is 0.533. The van der Waals surface area contributed by atoms with Gasteiger partial charge < -0.3 is 14.8 Å². The number of nitrogens with zero attached hydrogens (tertiary/aromatic N) is 1. The largest absolute Gasteiger partial charge is 0.445 e. The minimum atomic E-state index is -0.328. The van der Waals surface area contributed by atoms with Gasteiger partial charge in [0.1, 0.15) is 6.61 Å². The number of ether oxygens (including phenoxy) is 2. The highest BCUT2D eigenvalue weighted by Gasteiger charge is 2.32. The van der Waals surface area contributed by atoms with Crippen molar-refractivity contribution < 1.29 is 14.3 Å². The van der Waals surface area contributed by atoms with Crippen LogP contribution < -0.4 is 5.32 Å². The maximum absolute atomic E-state index is 11.8. The maximum Gasteiger partial charge on any atom is 0.407 e. The molecule has 20 heavy (non-hydrogen) atoms. The number of hydrogen-bond donors (Lipinski definition) is 1. The fourth-order valence-electron chi connectivity index (χ4n) is 2.60. The average molecular weight is 276 g/mol. The van der Waals surface area contributed by atoms with Crippen molar-refractivity contribution in [3.05, 3.63) is 35.9 Å². The number of carbonyl (C=O) groups is 1. The molecular weight excluding hydrogens is 256 g/mol. The van der Waals surface area contributed by atoms with Gasteiger partial charge in [-0.2, -0.15) is 0 Å². The van der Waals surface area contributed by atoms with Crippen LogP contribution in [0, 0.1) is 0 Å². The van der Waals surface area contributed by atoms with Crippen LogP contribution in [0.2, 0.25) is 0 Å². The number of nitrogens with one attached hydrogen (secondary N) is 1. The maximum atomic E-state index is 11.8. The fourth-order valence-corrected chi connectivity index (χ4v) is 2.60. The van der Waals surface area contributed by atoms with E-state index in [1.807, 2.05) is 30.3 Å². The number of alkyl carbamates (subject to hydrolysis) is 1. The average Bonchev–Trinajstić information content (AvgIpc) is 2.84. The first-order chi connectivity index (χ1) is 9.81. The van der Waals surface area contributed by atoms with E-state index >= 15 is 0 Å². The number of carbonyl (C=O) groups excluding carboxylic acids is 1. The van der Waals surface area contributed by atoms with Crippen LogP contribution in [0.3, 0.4) is 0 Å². The van der Waals surface area contributed by atoms with E-state index in [4.69, 9.17) is 9.47 Å². The van der Waals surface area contributed by atoms with Crippen molar-refractivity contribution in [3.63, 3.8) is 0 Å². The Balaban J connectivity index is 1.38. The second-order valence-corrected chi connectivity index (χ2v) is 5.38. The predicted octanol–water partition coefficient (Wildman–Crippen LogP) is 1.39. The van der Waals surface area contributed by atoms with Gasteiger partial charge in [0.05, 0.1) is 19.3 Å². The summed E-state index contributed by atoms with van der Waals surface area (Å²) in [6, 6.07) is 10.4. The second-order valence-electron chi connectivity index (χ2n) is 5.38. The first kappa shape index (κ1) is 13.4. The minimum Gasteiger partial charge on any atom is -0.445 e. The monoisotopic (exact) mass is 276 g/mol. The number of benzene rings is 1. The topological polar surface area (TPSA) is 50.8 Å². The van der Waals surface area contributed by atoms with E-state index in [0.717, 1.165) is 38.3 Å². The van der Waals surface area contributed by atoms with Crippen LogP contribution in [0.4, 0.5) is 4.79 Å². The van der Waals surface area contributed by atoms with Gasteiger partial charge >= 0.3 is 6.09 Å². The lowest BCUT2D eigenvalue weighted by molar-refractivity contribution is -0.0575. The molecular formula is C15H20N2O3. The molecule has 2 heterocycles. The summed E-state index contributed by atoms with van der Waals surface area (Å²) >= 11 is 0. The first-order valence-corrected chi connectivity index (χ1v) is 7.10. The number of rotatable bonds is 4. The Morgan fingerprint density at radius 3 is 2.85 bits per heavy atom. The molecule has 2 aliphatic rings. The van der Waals surface area contributed by atoms with Crippen LogP contribution in [0.5, 0.6) is 0 Å². The molecule has 5 heteroatoms. The Labute approximate surface area is 118 Å². The highest BCUT2D eigenvalue weighted by Crippen LogP contribution is 2.17. The highest BCUT2D eigenvalue weighted by molar-refractivity contribution is 5.67. The molecule has 0 unspecified atom stereocenters. The van der Waals surface area contributed by atoms with Gasteiger partial charge in [-0.1, -0.05) is 30.3 Å². The van der Waals surface area contributed by atoms with Crippen molar-refractivity contribution in [2.45, 2.75) is 25.1 Å². The number of amides is 1. The molecule has 1 aromatic rings. The molecule has 0 saturated carbocycles. The summed E-state index contributed by atoms with van der Waals surface area (Å²) in [5.74, 6) is 0. The molecule has 0 aromatic heterocycles. The van der Waals surface area contributed by atoms with Crippen LogP contribution in [-0.2, 0) is 16.1 Å². The third kappa shape index (κ3) is 3.29. The zero-order valence-corrected chi connectivity index (χ0v) is 11.5. The van der Waals surface area contributed by atoms with E-state index in [1.54, 1.807) is 0 Å². The predicted molar refractivity (Wildman–Crippen MR) is 74.3 cm³/mol. The van der Waals surface area contributed by atoms with Gasteiger partial charge in [-0.15, -0.1) is 0 Å². The standard InChI is InChI=1S/C15H20N2O3/c18-15(20-9-12-4-2-1-3-5-12)16-13-6-7-17(8-13)14-10-19-11-14/h1-5,13-14H,6-11H2,(H,16,18)/t13-/m0/s1. The molecule has 2 saturated heterocycles. The van der Waals surface area contributed by atoms with Gasteiger partial charge in [-0.3, -0.25) is 4.90 Å². The Hall–Kier alpha value is -1.59. The molecule has 1 atom stereocenters. The second kappa shape index (κ2) is 6.24. The van der Waals surface area contributed by atoms with Crippen molar-refractivity contribution in [2.75, 3.05) is 26.3 Å². The summed E-state index contributed by atoms with van der Waals surface area (Å²) < 4.78 is 10.4. The molecule has 0 spiro atoms. The van der Waals surface area contributed by atoms with E-state index in [2.05, 4.69) is 10.2 Å². The van der Waals surface area contributed by atoms with Gasteiger partial charge in [-0.25, -0.2) is 4.79 Å². The molecule has 2 aliphatic heterocycles. The highest BCUT2D eigenvalue weighted by atomic mass is 16.5. The summed E-state index contributed by atoms with van der Waals surface area (Å²) in [6.07, 6.45) is 0.655. The first-order valence-electron chi connectivity index (χ1n) is 7.10. The van der Waals surface area contributed by atoms with Crippen molar-refractivity contribution in [1.29, 1.82) is 0 Å². The zero-order valence-electron chi connectivity index (χ0n) is 11.5. The Morgan fingerprint density at radius 1 is 1.35 bits per heavy atom. The molecule has 108 valence electrons. The van der Waals surface area contributed by atoms with Crippen LogP contribution >= 0.6 is 0 Å². The summed E-state index contributed by atoms with van der Waals surface area (Å²) in [5.41, 5.74) is 1.00. The van der Waals surface area contributed by atoms with Crippen molar-refractivity contribution in [1.82, 2.24) is 10.2 Å². The minimum absolute atomic E-state index is 0.193. The van der Waals surface area contributed by atoms with E-state index in [1.165, 1.54) is 0 Å². The van der Waals surface area contributed by atoms with Crippen molar-refractivity contribution in [3.8, 4) is 0 Å². The normalized spacial score (nSPS) is 23.3. The summed E-state index contributed by atoms with van der Waals surface area (Å²) in [5, 5.41) is 2.94. The van der Waals surface area contributed by atoms with Gasteiger partial charge in [0.15, 0.2) is 0 Å². The molecule has 1 amide bonds. The quantitative estimate of drug-likeness (QED) is 0.903. The van der Waals surface area contributed by atoms with E-state index in [9.17, 15) is 4.79 Å². The molecule has 0 radical (unpaired) electrons. The molecule has 1 N–H and O–H groups in total. The number of hydrogen-bond acceptors (Lipinski definition) is 4. The zero-order chi connectivity index (χ0) is 13.8. The van der Waals surface area contributed by atoms with Gasteiger partial charge in [0, 0.05) is 19.1 Å². The molecule has 0 aliphatic carbocycles. The third-order valence-electron chi connectivity index (χ3n) is 3.89. The van der Waals surface area contributed by atoms with Crippen LogP contribution in [0.15, 0.2) is 30.3 Å². The summed E-state index contributed by atoms with van der Waals surface area (Å²) in [4.78, 5) is 14.1. The molecule has 0 bridgehead atoms. The molecule has 3 rings (SSSR count). The Morgan fingerprint density at radius 2 is 2.15 bits per heavy atom. The van der Waals surface area contributed by atoms with E-state index < -0.39 is 0 Å². The third-order valence-corrected chi connectivity index (χ3v) is 3.89. The summed E-state index contributed by atoms with van der Waals surface area (Å²) in [6.45, 7) is 3.89. The summed E-state index contributed by atoms with van der Waals surface area (Å²) in [7, 11) is 0. The van der Waals surface area contributed by atoms with Gasteiger partial charge in [-0.05, 0) is 12.0 Å². The molecule has 1 aromatic carbocycles. The SMILES string of the molecule is O=C(N[C@H]1CCN(C2COC2)C1)OCc1ccccc1. The Bertz CT molecular complexity index is 448. The lowest BCUT2D eigenvalue weighted by Gasteiger charge is -2.34. The van der Waals surface area contributed by atoms with Crippen LogP contribution in [-0.4, -0.2) is 49.4 Å². The van der Waals surface area contributed by atoms with Gasteiger partial charge in [0.2, 0.25) is 0 Å². The Kier molecular flexibility index (Phi) is 4.18. The van der Waals surface area contributed by atoms with Crippen LogP contribution in [0.1, 0.15) is 12.0 Å². The van der Waals surface area contributed by atoms with Crippen molar-refractivity contribution in [2.24, 2.45) is 0 Å². The lowest BCUT2D eigenvalue weighted by atomic mass is 10.2. The molecule has 2 fully saturated rings.